The van der Waals surface area contributed by atoms with E-state index < -0.39 is 18.1 Å². The number of hydrazone groups is 1. The molecular weight excluding hydrogens is 325 g/mol. The maximum absolute atomic E-state index is 12.9. The Hall–Kier alpha value is -2.20. The first-order valence-corrected chi connectivity index (χ1v) is 5.57. The second-order valence-corrected chi connectivity index (χ2v) is 4.13. The van der Waals surface area contributed by atoms with Crippen molar-refractivity contribution in [1.82, 2.24) is 5.43 Å². The van der Waals surface area contributed by atoms with Crippen LogP contribution in [0, 0.1) is 0 Å². The van der Waals surface area contributed by atoms with Crippen molar-refractivity contribution < 1.29 is 40.2 Å². The minimum absolute atomic E-state index is 0.0515. The van der Waals surface area contributed by atoms with Crippen LogP contribution in [-0.2, 0) is 0 Å². The molecule has 0 saturated heterocycles. The van der Waals surface area contributed by atoms with Gasteiger partial charge in [0.1, 0.15) is 0 Å². The first-order valence-electron chi connectivity index (χ1n) is 5.57. The fourth-order valence-electron chi connectivity index (χ4n) is 1.43. The molecule has 0 atom stereocenters. The lowest BCUT2D eigenvalue weighted by atomic mass is 10.2. The van der Waals surface area contributed by atoms with Gasteiger partial charge in [-0.05, 0) is 23.8 Å². The Labute approximate surface area is 118 Å². The molecule has 0 radical (unpaired) electrons. The molecule has 0 unspecified atom stereocenters. The molecule has 2 rings (SSSR count). The second-order valence-electron chi connectivity index (χ2n) is 4.13. The number of hydrogen-bond donors (Lipinski definition) is 1. The van der Waals surface area contributed by atoms with E-state index in [2.05, 4.69) is 5.10 Å². The Morgan fingerprint density at radius 2 is 1.64 bits per heavy atom. The van der Waals surface area contributed by atoms with Crippen LogP contribution in [0.25, 0.3) is 0 Å². The Kier molecular flexibility index (Phi) is 3.83. The summed E-state index contributed by atoms with van der Waals surface area (Å²) < 4.78 is 96.5. The van der Waals surface area contributed by atoms with E-state index in [0.29, 0.717) is 17.4 Å². The van der Waals surface area contributed by atoms with Crippen molar-refractivity contribution >= 4 is 6.21 Å². The molecule has 0 aliphatic carbocycles. The third kappa shape index (κ3) is 2.88. The number of rotatable bonds is 4. The van der Waals surface area contributed by atoms with Gasteiger partial charge in [0.15, 0.2) is 11.5 Å². The van der Waals surface area contributed by atoms with E-state index in [1.807, 2.05) is 0 Å². The van der Waals surface area contributed by atoms with Gasteiger partial charge < -0.3 is 9.47 Å². The highest BCUT2D eigenvalue weighted by Crippen LogP contribution is 2.45. The summed E-state index contributed by atoms with van der Waals surface area (Å²) in [6.07, 6.45) is -5.78. The van der Waals surface area contributed by atoms with Gasteiger partial charge in [0.05, 0.1) is 6.21 Å². The van der Waals surface area contributed by atoms with Gasteiger partial charge in [-0.1, -0.05) is 0 Å². The molecule has 122 valence electrons. The fraction of sp³-hybridized carbons (Fsp3) is 0.364. The predicted octanol–water partition coefficient (Wildman–Crippen LogP) is 3.13. The summed E-state index contributed by atoms with van der Waals surface area (Å²) in [6.45, 7) is -0.0515. The first kappa shape index (κ1) is 16.2. The molecule has 1 aliphatic heterocycles. The van der Waals surface area contributed by atoms with Crippen LogP contribution >= 0.6 is 0 Å². The van der Waals surface area contributed by atoms with Gasteiger partial charge in [-0.25, -0.2) is 5.43 Å². The monoisotopic (exact) mass is 332 g/mol. The van der Waals surface area contributed by atoms with Crippen LogP contribution in [0.2, 0.25) is 0 Å². The van der Waals surface area contributed by atoms with E-state index in [9.17, 15) is 30.7 Å². The first-order chi connectivity index (χ1) is 10.0. The van der Waals surface area contributed by atoms with Gasteiger partial charge in [0.2, 0.25) is 6.79 Å². The van der Waals surface area contributed by atoms with Crippen molar-refractivity contribution in [3.63, 3.8) is 0 Å². The third-order valence-electron chi connectivity index (χ3n) is 2.57. The fourth-order valence-corrected chi connectivity index (χ4v) is 1.43. The van der Waals surface area contributed by atoms with Crippen molar-refractivity contribution in [2.75, 3.05) is 6.79 Å². The van der Waals surface area contributed by atoms with Crippen LogP contribution in [0.1, 0.15) is 5.56 Å². The number of halogens is 7. The lowest BCUT2D eigenvalue weighted by molar-refractivity contribution is -0.361. The average molecular weight is 332 g/mol. The Morgan fingerprint density at radius 3 is 2.27 bits per heavy atom. The van der Waals surface area contributed by atoms with E-state index in [0.717, 1.165) is 0 Å². The maximum atomic E-state index is 12.9. The molecule has 1 aromatic carbocycles. The SMILES string of the molecule is FC(F)(F)C(F)(F)C(F)(F)N/N=C/c1ccc2c(c1)OCO2. The van der Waals surface area contributed by atoms with E-state index in [1.54, 1.807) is 0 Å². The molecule has 4 nitrogen and oxygen atoms in total. The summed E-state index contributed by atoms with van der Waals surface area (Å²) >= 11 is 0. The maximum Gasteiger partial charge on any atom is 0.462 e. The minimum atomic E-state index is -6.42. The lowest BCUT2D eigenvalue weighted by Gasteiger charge is -2.27. The average Bonchev–Trinajstić information content (AvgIpc) is 2.84. The molecule has 1 aliphatic rings. The molecule has 0 amide bonds. The van der Waals surface area contributed by atoms with Crippen LogP contribution in [0.15, 0.2) is 23.3 Å². The van der Waals surface area contributed by atoms with Gasteiger partial charge in [0.25, 0.3) is 0 Å². The van der Waals surface area contributed by atoms with Gasteiger partial charge in [-0.3, -0.25) is 0 Å². The summed E-state index contributed by atoms with van der Waals surface area (Å²) in [5, 5.41) is 2.72. The largest absolute Gasteiger partial charge is 0.462 e. The van der Waals surface area contributed by atoms with E-state index in [4.69, 9.17) is 9.47 Å². The number of nitrogens with one attached hydrogen (secondary N) is 1. The van der Waals surface area contributed by atoms with Crippen molar-refractivity contribution in [3.05, 3.63) is 23.8 Å². The number of hydrogen-bond acceptors (Lipinski definition) is 4. The molecule has 0 aromatic heterocycles. The molecule has 1 heterocycles. The number of nitrogens with zero attached hydrogens (tertiary/aromatic N) is 1. The smallest absolute Gasteiger partial charge is 0.454 e. The molecule has 1 N–H and O–H groups in total. The van der Waals surface area contributed by atoms with E-state index >= 15 is 0 Å². The van der Waals surface area contributed by atoms with Crippen molar-refractivity contribution in [2.24, 2.45) is 5.10 Å². The number of fused-ring (bicyclic) bond motifs is 1. The quantitative estimate of drug-likeness (QED) is 0.399. The summed E-state index contributed by atoms with van der Waals surface area (Å²) in [5.74, 6) is -5.64. The summed E-state index contributed by atoms with van der Waals surface area (Å²) in [4.78, 5) is 0. The third-order valence-corrected chi connectivity index (χ3v) is 2.57. The Morgan fingerprint density at radius 1 is 1.00 bits per heavy atom. The normalized spacial score (nSPS) is 15.4. The number of alkyl halides is 7. The van der Waals surface area contributed by atoms with Crippen LogP contribution in [0.3, 0.4) is 0 Å². The molecule has 0 spiro atoms. The predicted molar refractivity (Wildman–Crippen MR) is 59.2 cm³/mol. The Balaban J connectivity index is 2.08. The Bertz CT molecular complexity index is 586. The van der Waals surface area contributed by atoms with Crippen molar-refractivity contribution in [3.8, 4) is 11.5 Å². The standard InChI is InChI=1S/C11H7F7N2O2/c12-9(13,10(14,15)16)11(17,18)20-19-4-6-1-2-7-8(3-6)22-5-21-7/h1-4,20H,5H2/b19-4+. The summed E-state index contributed by atoms with van der Waals surface area (Å²) in [7, 11) is 0. The summed E-state index contributed by atoms with van der Waals surface area (Å²) in [6, 6.07) is -1.60. The highest BCUT2D eigenvalue weighted by molar-refractivity contribution is 5.80. The van der Waals surface area contributed by atoms with Crippen LogP contribution < -0.4 is 14.9 Å². The highest BCUT2D eigenvalue weighted by atomic mass is 19.4. The molecule has 1 aromatic rings. The van der Waals surface area contributed by atoms with E-state index in [-0.39, 0.29) is 18.1 Å². The van der Waals surface area contributed by atoms with Gasteiger partial charge in [0, 0.05) is 0 Å². The highest BCUT2D eigenvalue weighted by Gasteiger charge is 2.73. The zero-order valence-electron chi connectivity index (χ0n) is 10.4. The van der Waals surface area contributed by atoms with Gasteiger partial charge >= 0.3 is 18.1 Å². The molecule has 0 bridgehead atoms. The van der Waals surface area contributed by atoms with Crippen molar-refractivity contribution in [1.29, 1.82) is 0 Å². The van der Waals surface area contributed by atoms with Crippen LogP contribution in [0.4, 0.5) is 30.7 Å². The molecule has 22 heavy (non-hydrogen) atoms. The topological polar surface area (TPSA) is 42.9 Å². The second kappa shape index (κ2) is 5.21. The van der Waals surface area contributed by atoms with Crippen LogP contribution in [0.5, 0.6) is 11.5 Å². The van der Waals surface area contributed by atoms with E-state index in [1.165, 1.54) is 18.2 Å². The minimum Gasteiger partial charge on any atom is -0.454 e. The summed E-state index contributed by atoms with van der Waals surface area (Å²) in [5.41, 5.74) is 0.644. The number of benzene rings is 1. The molecular formula is C11H7F7N2O2. The van der Waals surface area contributed by atoms with Crippen molar-refractivity contribution in [2.45, 2.75) is 18.1 Å². The molecule has 11 heteroatoms. The zero-order valence-corrected chi connectivity index (χ0v) is 10.4. The lowest BCUT2D eigenvalue weighted by Crippen LogP contribution is -2.58. The number of ether oxygens (including phenoxy) is 2. The zero-order chi connectivity index (χ0) is 16.6. The van der Waals surface area contributed by atoms with Crippen LogP contribution in [-0.4, -0.2) is 31.2 Å². The molecule has 0 fully saturated rings. The molecule has 0 saturated carbocycles. The van der Waals surface area contributed by atoms with Gasteiger partial charge in [-0.15, -0.1) is 0 Å². The van der Waals surface area contributed by atoms with Gasteiger partial charge in [-0.2, -0.15) is 35.8 Å².